The summed E-state index contributed by atoms with van der Waals surface area (Å²) in [4.78, 5) is 11.9. The van der Waals surface area contributed by atoms with Crippen molar-refractivity contribution < 1.29 is 9.53 Å². The molecule has 0 radical (unpaired) electrons. The number of carbonyl (C=O) groups excluding carboxylic acids is 1. The maximum atomic E-state index is 11.9. The topological polar surface area (TPSA) is 50.4 Å². The zero-order valence-corrected chi connectivity index (χ0v) is 12.9. The first-order valence-electron chi connectivity index (χ1n) is 7.19. The molecule has 0 saturated carbocycles. The van der Waals surface area contributed by atoms with Crippen LogP contribution in [0.2, 0.25) is 0 Å². The van der Waals surface area contributed by atoms with Gasteiger partial charge in [-0.25, -0.2) is 0 Å². The lowest BCUT2D eigenvalue weighted by atomic mass is 10.0. The maximum absolute atomic E-state index is 11.9. The molecule has 2 N–H and O–H groups in total. The third kappa shape index (κ3) is 6.06. The van der Waals surface area contributed by atoms with Gasteiger partial charge in [-0.3, -0.25) is 4.79 Å². The minimum absolute atomic E-state index is 0.0501. The Kier molecular flexibility index (Phi) is 7.09. The average Bonchev–Trinajstić information content (AvgIpc) is 2.43. The molecular formula is C16H26N2O2. The standard InChI is InChI=1S/C16H26N2O2/c1-12(2)9-10-13(3)17-11-16(19)18-14-7-5-6-8-15(14)20-4/h5-8,12-13,17H,9-11H2,1-4H3,(H,18,19). The van der Waals surface area contributed by atoms with Gasteiger partial charge in [0.25, 0.3) is 0 Å². The van der Waals surface area contributed by atoms with E-state index in [0.29, 0.717) is 29.9 Å². The molecular weight excluding hydrogens is 252 g/mol. The van der Waals surface area contributed by atoms with Gasteiger partial charge in [-0.15, -0.1) is 0 Å². The highest BCUT2D eigenvalue weighted by Gasteiger charge is 2.09. The fourth-order valence-electron chi connectivity index (χ4n) is 1.89. The second kappa shape index (κ2) is 8.59. The van der Waals surface area contributed by atoms with E-state index in [4.69, 9.17) is 4.74 Å². The zero-order chi connectivity index (χ0) is 15.0. The van der Waals surface area contributed by atoms with Crippen molar-refractivity contribution in [3.63, 3.8) is 0 Å². The first-order chi connectivity index (χ1) is 9.52. The van der Waals surface area contributed by atoms with Crippen LogP contribution in [-0.2, 0) is 4.79 Å². The molecule has 1 atom stereocenters. The summed E-state index contributed by atoms with van der Waals surface area (Å²) in [6.07, 6.45) is 2.25. The van der Waals surface area contributed by atoms with Gasteiger partial charge < -0.3 is 15.4 Å². The molecule has 1 rings (SSSR count). The SMILES string of the molecule is COc1ccccc1NC(=O)CNC(C)CCC(C)C. The largest absolute Gasteiger partial charge is 0.495 e. The van der Waals surface area contributed by atoms with Crippen LogP contribution in [0, 0.1) is 5.92 Å². The van der Waals surface area contributed by atoms with Crippen molar-refractivity contribution in [2.24, 2.45) is 5.92 Å². The van der Waals surface area contributed by atoms with Gasteiger partial charge in [0.15, 0.2) is 0 Å². The molecule has 1 unspecified atom stereocenters. The first kappa shape index (κ1) is 16.5. The molecule has 1 amide bonds. The molecule has 0 saturated heterocycles. The Morgan fingerprint density at radius 3 is 2.55 bits per heavy atom. The number of methoxy groups -OCH3 is 1. The molecule has 1 aromatic carbocycles. The van der Waals surface area contributed by atoms with Gasteiger partial charge in [-0.2, -0.15) is 0 Å². The van der Waals surface area contributed by atoms with Crippen LogP contribution in [0.5, 0.6) is 5.75 Å². The Morgan fingerprint density at radius 2 is 1.90 bits per heavy atom. The van der Waals surface area contributed by atoms with E-state index >= 15 is 0 Å². The van der Waals surface area contributed by atoms with Crippen molar-refractivity contribution in [3.05, 3.63) is 24.3 Å². The highest BCUT2D eigenvalue weighted by Crippen LogP contribution is 2.22. The van der Waals surface area contributed by atoms with Crippen LogP contribution in [0.4, 0.5) is 5.69 Å². The summed E-state index contributed by atoms with van der Waals surface area (Å²) in [5.74, 6) is 1.32. The molecule has 1 aromatic rings. The molecule has 0 fully saturated rings. The molecule has 0 aromatic heterocycles. The third-order valence-electron chi connectivity index (χ3n) is 3.17. The number of rotatable bonds is 8. The average molecular weight is 278 g/mol. The Bertz CT molecular complexity index is 419. The van der Waals surface area contributed by atoms with Crippen molar-refractivity contribution >= 4 is 11.6 Å². The van der Waals surface area contributed by atoms with Gasteiger partial charge in [-0.05, 0) is 37.8 Å². The Hall–Kier alpha value is -1.55. The minimum Gasteiger partial charge on any atom is -0.495 e. The third-order valence-corrected chi connectivity index (χ3v) is 3.17. The lowest BCUT2D eigenvalue weighted by Gasteiger charge is -2.15. The van der Waals surface area contributed by atoms with E-state index < -0.39 is 0 Å². The summed E-state index contributed by atoms with van der Waals surface area (Å²) >= 11 is 0. The quantitative estimate of drug-likeness (QED) is 0.768. The van der Waals surface area contributed by atoms with Crippen molar-refractivity contribution in [3.8, 4) is 5.75 Å². The summed E-state index contributed by atoms with van der Waals surface area (Å²) in [6, 6.07) is 7.76. The maximum Gasteiger partial charge on any atom is 0.238 e. The van der Waals surface area contributed by atoms with Crippen LogP contribution in [0.15, 0.2) is 24.3 Å². The minimum atomic E-state index is -0.0501. The van der Waals surface area contributed by atoms with Gasteiger partial charge in [-0.1, -0.05) is 26.0 Å². The predicted octanol–water partition coefficient (Wildman–Crippen LogP) is 3.05. The fourth-order valence-corrected chi connectivity index (χ4v) is 1.89. The number of nitrogens with one attached hydrogen (secondary N) is 2. The summed E-state index contributed by atoms with van der Waals surface area (Å²) in [5.41, 5.74) is 0.705. The summed E-state index contributed by atoms with van der Waals surface area (Å²) in [5, 5.41) is 6.10. The fraction of sp³-hybridized carbons (Fsp3) is 0.562. The number of para-hydroxylation sites is 2. The molecule has 0 spiro atoms. The molecule has 4 nitrogen and oxygen atoms in total. The number of amides is 1. The van der Waals surface area contributed by atoms with Crippen molar-refractivity contribution in [1.29, 1.82) is 0 Å². The smallest absolute Gasteiger partial charge is 0.238 e. The van der Waals surface area contributed by atoms with Gasteiger partial charge in [0.1, 0.15) is 5.75 Å². The van der Waals surface area contributed by atoms with Crippen LogP contribution in [-0.4, -0.2) is 25.6 Å². The monoisotopic (exact) mass is 278 g/mol. The van der Waals surface area contributed by atoms with Crippen molar-refractivity contribution in [2.75, 3.05) is 19.0 Å². The molecule has 112 valence electrons. The van der Waals surface area contributed by atoms with Crippen LogP contribution in [0.25, 0.3) is 0 Å². The number of anilines is 1. The number of carbonyl (C=O) groups is 1. The zero-order valence-electron chi connectivity index (χ0n) is 12.9. The van der Waals surface area contributed by atoms with E-state index in [2.05, 4.69) is 31.4 Å². The second-order valence-corrected chi connectivity index (χ2v) is 5.50. The van der Waals surface area contributed by atoms with Crippen LogP contribution >= 0.6 is 0 Å². The van der Waals surface area contributed by atoms with Gasteiger partial charge >= 0.3 is 0 Å². The van der Waals surface area contributed by atoms with E-state index in [0.717, 1.165) is 6.42 Å². The van der Waals surface area contributed by atoms with Crippen LogP contribution < -0.4 is 15.4 Å². The molecule has 20 heavy (non-hydrogen) atoms. The summed E-state index contributed by atoms with van der Waals surface area (Å²) < 4.78 is 5.20. The van der Waals surface area contributed by atoms with E-state index in [9.17, 15) is 4.79 Å². The second-order valence-electron chi connectivity index (χ2n) is 5.50. The Morgan fingerprint density at radius 1 is 1.20 bits per heavy atom. The first-order valence-corrected chi connectivity index (χ1v) is 7.19. The lowest BCUT2D eigenvalue weighted by Crippen LogP contribution is -2.34. The number of hydrogen-bond donors (Lipinski definition) is 2. The Labute approximate surface area is 121 Å². The predicted molar refractivity (Wildman–Crippen MR) is 83.2 cm³/mol. The van der Waals surface area contributed by atoms with E-state index in [1.807, 2.05) is 24.3 Å². The normalized spacial score (nSPS) is 12.2. The summed E-state index contributed by atoms with van der Waals surface area (Å²) in [6.45, 7) is 6.85. The number of benzene rings is 1. The van der Waals surface area contributed by atoms with E-state index in [1.54, 1.807) is 7.11 Å². The molecule has 0 bridgehead atoms. The molecule has 0 aliphatic heterocycles. The number of ether oxygens (including phenoxy) is 1. The van der Waals surface area contributed by atoms with Gasteiger partial charge in [0.2, 0.25) is 5.91 Å². The van der Waals surface area contributed by atoms with E-state index in [1.165, 1.54) is 6.42 Å². The van der Waals surface area contributed by atoms with Gasteiger partial charge in [0.05, 0.1) is 19.3 Å². The van der Waals surface area contributed by atoms with Crippen LogP contribution in [0.3, 0.4) is 0 Å². The lowest BCUT2D eigenvalue weighted by molar-refractivity contribution is -0.115. The molecule has 4 heteroatoms. The van der Waals surface area contributed by atoms with Crippen molar-refractivity contribution in [1.82, 2.24) is 5.32 Å². The molecule has 0 aliphatic rings. The van der Waals surface area contributed by atoms with E-state index in [-0.39, 0.29) is 5.91 Å². The molecule has 0 aliphatic carbocycles. The Balaban J connectivity index is 2.36. The summed E-state index contributed by atoms with van der Waals surface area (Å²) in [7, 11) is 1.59. The highest BCUT2D eigenvalue weighted by molar-refractivity contribution is 5.93. The number of hydrogen-bond acceptors (Lipinski definition) is 3. The highest BCUT2D eigenvalue weighted by atomic mass is 16.5. The molecule has 0 heterocycles. The van der Waals surface area contributed by atoms with Crippen molar-refractivity contribution in [2.45, 2.75) is 39.7 Å². The van der Waals surface area contributed by atoms with Gasteiger partial charge in [0, 0.05) is 6.04 Å². The van der Waals surface area contributed by atoms with Crippen LogP contribution in [0.1, 0.15) is 33.6 Å².